The van der Waals surface area contributed by atoms with E-state index in [-0.39, 0.29) is 6.61 Å². The van der Waals surface area contributed by atoms with E-state index in [0.29, 0.717) is 6.04 Å². The van der Waals surface area contributed by atoms with Gasteiger partial charge in [0.05, 0.1) is 6.61 Å². The summed E-state index contributed by atoms with van der Waals surface area (Å²) in [5.74, 6) is 0. The van der Waals surface area contributed by atoms with E-state index < -0.39 is 0 Å². The van der Waals surface area contributed by atoms with Gasteiger partial charge in [0.25, 0.3) is 0 Å². The van der Waals surface area contributed by atoms with Gasteiger partial charge in [-0.15, -0.1) is 0 Å². The van der Waals surface area contributed by atoms with Crippen molar-refractivity contribution in [2.24, 2.45) is 0 Å². The molecule has 96 valence electrons. The largest absolute Gasteiger partial charge is 0.395 e. The van der Waals surface area contributed by atoms with Crippen LogP contribution in [0.4, 0.5) is 0 Å². The summed E-state index contributed by atoms with van der Waals surface area (Å²) in [7, 11) is 0. The number of aliphatic hydroxyl groups excluding tert-OH is 1. The summed E-state index contributed by atoms with van der Waals surface area (Å²) < 4.78 is 0. The highest BCUT2D eigenvalue weighted by molar-refractivity contribution is 5.08. The third kappa shape index (κ3) is 4.84. The minimum atomic E-state index is 0.240. The molecule has 0 spiro atoms. The Bertz CT molecular complexity index is 286. The molecule has 1 heterocycles. The second kappa shape index (κ2) is 8.20. The minimum Gasteiger partial charge on any atom is -0.395 e. The first-order chi connectivity index (χ1) is 8.31. The van der Waals surface area contributed by atoms with Crippen molar-refractivity contribution in [3.05, 3.63) is 30.1 Å². The van der Waals surface area contributed by atoms with Crippen molar-refractivity contribution in [2.75, 3.05) is 19.7 Å². The molecule has 0 saturated carbocycles. The Balaban J connectivity index is 2.49. The molecule has 0 aromatic carbocycles. The van der Waals surface area contributed by atoms with E-state index in [9.17, 15) is 0 Å². The van der Waals surface area contributed by atoms with Crippen molar-refractivity contribution in [2.45, 2.75) is 39.2 Å². The van der Waals surface area contributed by atoms with Gasteiger partial charge in [0.1, 0.15) is 0 Å². The highest BCUT2D eigenvalue weighted by Gasteiger charge is 2.13. The summed E-state index contributed by atoms with van der Waals surface area (Å²) in [6.45, 7) is 6.43. The Hall–Kier alpha value is -0.930. The van der Waals surface area contributed by atoms with Gasteiger partial charge in [-0.2, -0.15) is 0 Å². The van der Waals surface area contributed by atoms with Crippen LogP contribution in [-0.4, -0.2) is 40.7 Å². The summed E-state index contributed by atoms with van der Waals surface area (Å²) in [5.41, 5.74) is 1.27. The van der Waals surface area contributed by atoms with Gasteiger partial charge in [-0.05, 0) is 30.9 Å². The minimum absolute atomic E-state index is 0.240. The lowest BCUT2D eigenvalue weighted by molar-refractivity contribution is 0.145. The maximum Gasteiger partial charge on any atom is 0.0558 e. The molecular formula is C14H24N2O. The molecule has 3 nitrogen and oxygen atoms in total. The molecule has 1 N–H and O–H groups in total. The molecule has 0 saturated heterocycles. The molecule has 17 heavy (non-hydrogen) atoms. The summed E-state index contributed by atoms with van der Waals surface area (Å²) in [6, 6.07) is 4.67. The Morgan fingerprint density at radius 1 is 1.29 bits per heavy atom. The van der Waals surface area contributed by atoms with Crippen LogP contribution in [0, 0.1) is 0 Å². The molecule has 0 aliphatic heterocycles. The fraction of sp³-hybridized carbons (Fsp3) is 0.643. The zero-order chi connectivity index (χ0) is 12.5. The van der Waals surface area contributed by atoms with E-state index in [2.05, 4.69) is 29.8 Å². The summed E-state index contributed by atoms with van der Waals surface area (Å²) >= 11 is 0. The smallest absolute Gasteiger partial charge is 0.0558 e. The molecule has 0 aliphatic carbocycles. The molecular weight excluding hydrogens is 212 g/mol. The predicted octanol–water partition coefficient (Wildman–Crippen LogP) is 2.11. The molecule has 0 bridgehead atoms. The second-order valence-electron chi connectivity index (χ2n) is 4.34. The van der Waals surface area contributed by atoms with Crippen LogP contribution < -0.4 is 0 Å². The number of hydrogen-bond acceptors (Lipinski definition) is 3. The van der Waals surface area contributed by atoms with Gasteiger partial charge in [-0.3, -0.25) is 9.88 Å². The maximum atomic E-state index is 9.12. The van der Waals surface area contributed by atoms with E-state index in [4.69, 9.17) is 5.11 Å². The first kappa shape index (κ1) is 14.1. The normalized spacial score (nSPS) is 11.4. The van der Waals surface area contributed by atoms with E-state index in [0.717, 1.165) is 32.4 Å². The number of rotatable bonds is 8. The lowest BCUT2D eigenvalue weighted by Crippen LogP contribution is -2.38. The van der Waals surface area contributed by atoms with Gasteiger partial charge < -0.3 is 5.11 Å². The molecule has 0 unspecified atom stereocenters. The Kier molecular flexibility index (Phi) is 6.82. The van der Waals surface area contributed by atoms with Crippen LogP contribution in [0.15, 0.2) is 24.5 Å². The zero-order valence-corrected chi connectivity index (χ0v) is 11.0. The van der Waals surface area contributed by atoms with Crippen molar-refractivity contribution in [3.8, 4) is 0 Å². The molecule has 0 atom stereocenters. The van der Waals surface area contributed by atoms with Crippen LogP contribution in [-0.2, 0) is 6.42 Å². The van der Waals surface area contributed by atoms with Crippen molar-refractivity contribution in [1.82, 2.24) is 9.88 Å². The zero-order valence-electron chi connectivity index (χ0n) is 11.0. The Morgan fingerprint density at radius 2 is 2.06 bits per heavy atom. The fourth-order valence-corrected chi connectivity index (χ4v) is 2.23. The second-order valence-corrected chi connectivity index (χ2v) is 4.34. The Morgan fingerprint density at radius 3 is 2.59 bits per heavy atom. The van der Waals surface area contributed by atoms with E-state index in [1.807, 2.05) is 12.3 Å². The van der Waals surface area contributed by atoms with Gasteiger partial charge in [0.2, 0.25) is 0 Å². The number of hydrogen-bond donors (Lipinski definition) is 1. The molecule has 0 radical (unpaired) electrons. The molecule has 0 fully saturated rings. The number of aliphatic hydroxyl groups is 1. The van der Waals surface area contributed by atoms with Crippen molar-refractivity contribution in [1.29, 1.82) is 0 Å². The van der Waals surface area contributed by atoms with Crippen molar-refractivity contribution < 1.29 is 5.11 Å². The predicted molar refractivity (Wildman–Crippen MR) is 71.0 cm³/mol. The molecule has 1 aromatic heterocycles. The fourth-order valence-electron chi connectivity index (χ4n) is 2.23. The SMILES string of the molecule is CCC(CC)N(CCO)CCc1cccnc1. The van der Waals surface area contributed by atoms with E-state index in [1.165, 1.54) is 5.56 Å². The van der Waals surface area contributed by atoms with Crippen LogP contribution >= 0.6 is 0 Å². The molecule has 3 heteroatoms. The first-order valence-corrected chi connectivity index (χ1v) is 6.55. The maximum absolute atomic E-state index is 9.12. The highest BCUT2D eigenvalue weighted by Crippen LogP contribution is 2.09. The van der Waals surface area contributed by atoms with Gasteiger partial charge >= 0.3 is 0 Å². The average molecular weight is 236 g/mol. The molecule has 0 aliphatic rings. The van der Waals surface area contributed by atoms with E-state index in [1.54, 1.807) is 6.20 Å². The summed E-state index contributed by atoms with van der Waals surface area (Å²) in [4.78, 5) is 6.51. The Labute approximate surface area is 104 Å². The van der Waals surface area contributed by atoms with Crippen LogP contribution in [0.3, 0.4) is 0 Å². The monoisotopic (exact) mass is 236 g/mol. The van der Waals surface area contributed by atoms with Gasteiger partial charge in [-0.1, -0.05) is 19.9 Å². The van der Waals surface area contributed by atoms with Gasteiger partial charge in [-0.25, -0.2) is 0 Å². The van der Waals surface area contributed by atoms with Crippen molar-refractivity contribution >= 4 is 0 Å². The van der Waals surface area contributed by atoms with Crippen LogP contribution in [0.5, 0.6) is 0 Å². The van der Waals surface area contributed by atoms with Crippen LogP contribution in [0.1, 0.15) is 32.3 Å². The molecule has 1 aromatic rings. The van der Waals surface area contributed by atoms with Crippen LogP contribution in [0.25, 0.3) is 0 Å². The lowest BCUT2D eigenvalue weighted by atomic mass is 10.1. The summed E-state index contributed by atoms with van der Waals surface area (Å²) in [5, 5.41) is 9.12. The highest BCUT2D eigenvalue weighted by atomic mass is 16.3. The quantitative estimate of drug-likeness (QED) is 0.751. The van der Waals surface area contributed by atoms with Gasteiger partial charge in [0.15, 0.2) is 0 Å². The third-order valence-corrected chi connectivity index (χ3v) is 3.26. The number of pyridine rings is 1. The van der Waals surface area contributed by atoms with E-state index >= 15 is 0 Å². The topological polar surface area (TPSA) is 36.4 Å². The standard InChI is InChI=1S/C14H24N2O/c1-3-14(4-2)16(10-11-17)9-7-13-6-5-8-15-12-13/h5-6,8,12,14,17H,3-4,7,9-11H2,1-2H3. The summed E-state index contributed by atoms with van der Waals surface area (Å²) in [6.07, 6.45) is 7.01. The van der Waals surface area contributed by atoms with Gasteiger partial charge in [0, 0.05) is 31.5 Å². The lowest BCUT2D eigenvalue weighted by Gasteiger charge is -2.29. The van der Waals surface area contributed by atoms with Crippen LogP contribution in [0.2, 0.25) is 0 Å². The molecule has 0 amide bonds. The third-order valence-electron chi connectivity index (χ3n) is 3.26. The number of nitrogens with zero attached hydrogens (tertiary/aromatic N) is 2. The van der Waals surface area contributed by atoms with Crippen molar-refractivity contribution in [3.63, 3.8) is 0 Å². The average Bonchev–Trinajstić information content (AvgIpc) is 2.38. The first-order valence-electron chi connectivity index (χ1n) is 6.55. The molecule has 1 rings (SSSR count). The number of aromatic nitrogens is 1.